The molecule has 0 amide bonds. The number of aromatic nitrogens is 1. The fourth-order valence-corrected chi connectivity index (χ4v) is 2.10. The second-order valence-corrected chi connectivity index (χ2v) is 4.05. The summed E-state index contributed by atoms with van der Waals surface area (Å²) in [5, 5.41) is 0. The Labute approximate surface area is 79.8 Å². The van der Waals surface area contributed by atoms with E-state index in [9.17, 15) is 0 Å². The van der Waals surface area contributed by atoms with Crippen molar-refractivity contribution in [3.63, 3.8) is 0 Å². The first-order valence-corrected chi connectivity index (χ1v) is 4.98. The van der Waals surface area contributed by atoms with Crippen LogP contribution < -0.4 is 4.48 Å². The fourth-order valence-electron chi connectivity index (χ4n) is 2.10. The number of hydrogen-bond donors (Lipinski definition) is 0. The molecule has 0 aliphatic carbocycles. The Morgan fingerprint density at radius 3 is 2.69 bits per heavy atom. The van der Waals surface area contributed by atoms with Gasteiger partial charge in [-0.15, -0.1) is 0 Å². The van der Waals surface area contributed by atoms with Crippen LogP contribution in [0.1, 0.15) is 19.3 Å². The second-order valence-electron chi connectivity index (χ2n) is 4.05. The molecule has 0 atom stereocenters. The van der Waals surface area contributed by atoms with Crippen molar-refractivity contribution in [2.24, 2.45) is 0 Å². The van der Waals surface area contributed by atoms with Gasteiger partial charge in [0, 0.05) is 6.07 Å². The van der Waals surface area contributed by atoms with Gasteiger partial charge in [0.1, 0.15) is 0 Å². The quantitative estimate of drug-likeness (QED) is 0.596. The van der Waals surface area contributed by atoms with Crippen LogP contribution in [-0.4, -0.2) is 25.1 Å². The van der Waals surface area contributed by atoms with Crippen LogP contribution in [0.25, 0.3) is 0 Å². The molecule has 0 saturated carbocycles. The van der Waals surface area contributed by atoms with Gasteiger partial charge < -0.3 is 0 Å². The molecular weight excluding hydrogens is 160 g/mol. The normalized spacial score (nSPS) is 21.3. The Bertz CT molecular complexity index is 263. The van der Waals surface area contributed by atoms with Crippen molar-refractivity contribution >= 4 is 5.69 Å². The van der Waals surface area contributed by atoms with Crippen molar-refractivity contribution in [1.82, 2.24) is 9.47 Å². The number of quaternary nitrogens is 1. The van der Waals surface area contributed by atoms with E-state index in [2.05, 4.69) is 24.3 Å². The molecule has 1 saturated heterocycles. The second kappa shape index (κ2) is 3.46. The van der Waals surface area contributed by atoms with Gasteiger partial charge in [0.2, 0.25) is 0 Å². The highest BCUT2D eigenvalue weighted by Gasteiger charge is 2.27. The van der Waals surface area contributed by atoms with Crippen LogP contribution in [0.5, 0.6) is 0 Å². The first-order chi connectivity index (χ1) is 6.31. The van der Waals surface area contributed by atoms with Gasteiger partial charge in [-0.2, -0.15) is 0 Å². The molecule has 0 unspecified atom stereocenters. The van der Waals surface area contributed by atoms with Gasteiger partial charge in [0.25, 0.3) is 0 Å². The van der Waals surface area contributed by atoms with E-state index in [1.54, 1.807) is 0 Å². The third-order valence-corrected chi connectivity index (χ3v) is 3.03. The molecule has 2 rings (SSSR count). The Morgan fingerprint density at radius 2 is 2.08 bits per heavy atom. The van der Waals surface area contributed by atoms with Crippen molar-refractivity contribution in [1.29, 1.82) is 0 Å². The van der Waals surface area contributed by atoms with Crippen LogP contribution in [0.15, 0.2) is 18.3 Å². The highest BCUT2D eigenvalue weighted by molar-refractivity contribution is 5.39. The van der Waals surface area contributed by atoms with Crippen molar-refractivity contribution in [3.8, 4) is 0 Å². The van der Waals surface area contributed by atoms with Crippen LogP contribution in [0.2, 0.25) is 0 Å². The number of hydrogen-bond acceptors (Lipinski definition) is 1. The Balaban J connectivity index is 2.23. The number of likely N-dealkylation sites (tertiary alicyclic amines) is 1. The average Bonchev–Trinajstić information content (AvgIpc) is 2.20. The minimum Gasteiger partial charge on any atom is -0.292 e. The molecule has 1 aliphatic rings. The Kier molecular flexibility index (Phi) is 2.32. The van der Waals surface area contributed by atoms with E-state index in [-0.39, 0.29) is 0 Å². The standard InChI is InChI=1S/C11H16N2/c1-13(8-3-2-4-9-13)11-6-5-7-12-10-11/h5-6,10H,2-4,8-9H2,1H3/q+1. The lowest BCUT2D eigenvalue weighted by Crippen LogP contribution is -2.48. The monoisotopic (exact) mass is 176 g/mol. The van der Waals surface area contributed by atoms with E-state index in [4.69, 9.17) is 0 Å². The molecule has 13 heavy (non-hydrogen) atoms. The van der Waals surface area contributed by atoms with E-state index < -0.39 is 0 Å². The molecule has 1 aliphatic heterocycles. The first-order valence-electron chi connectivity index (χ1n) is 4.98. The van der Waals surface area contributed by atoms with Crippen LogP contribution in [-0.2, 0) is 0 Å². The van der Waals surface area contributed by atoms with Gasteiger partial charge in [-0.05, 0) is 25.3 Å². The first kappa shape index (κ1) is 8.70. The van der Waals surface area contributed by atoms with Crippen molar-refractivity contribution in [2.75, 3.05) is 20.1 Å². The SMILES string of the molecule is C[N+]1(c2cc[c]nc2)CCCCC1. The van der Waals surface area contributed by atoms with Gasteiger partial charge in [-0.1, -0.05) is 0 Å². The fraction of sp³-hybridized carbons (Fsp3) is 0.545. The molecule has 2 heteroatoms. The summed E-state index contributed by atoms with van der Waals surface area (Å²) in [6, 6.07) is 4.05. The molecule has 1 aromatic rings. The van der Waals surface area contributed by atoms with E-state index in [0.29, 0.717) is 0 Å². The van der Waals surface area contributed by atoms with Crippen LogP contribution in [0.4, 0.5) is 5.69 Å². The summed E-state index contributed by atoms with van der Waals surface area (Å²) < 4.78 is 1.06. The molecule has 0 bridgehead atoms. The van der Waals surface area contributed by atoms with Gasteiger partial charge >= 0.3 is 0 Å². The predicted molar refractivity (Wildman–Crippen MR) is 54.4 cm³/mol. The molecule has 2 heterocycles. The zero-order chi connectivity index (χ0) is 9.15. The predicted octanol–water partition coefficient (Wildman–Crippen LogP) is 2.00. The molecule has 1 aromatic heterocycles. The van der Waals surface area contributed by atoms with Gasteiger partial charge in [0.15, 0.2) is 5.69 Å². The van der Waals surface area contributed by atoms with Crippen molar-refractivity contribution in [2.45, 2.75) is 19.3 Å². The number of piperidine rings is 1. The summed E-state index contributed by atoms with van der Waals surface area (Å²) in [6.45, 7) is 2.51. The zero-order valence-corrected chi connectivity index (χ0v) is 8.16. The molecule has 0 spiro atoms. The van der Waals surface area contributed by atoms with E-state index in [1.165, 1.54) is 38.0 Å². The minimum atomic E-state index is 1.06. The summed E-state index contributed by atoms with van der Waals surface area (Å²) in [5.74, 6) is 0. The largest absolute Gasteiger partial charge is 0.292 e. The van der Waals surface area contributed by atoms with Gasteiger partial charge in [-0.3, -0.25) is 4.48 Å². The maximum atomic E-state index is 4.06. The highest BCUT2D eigenvalue weighted by atomic mass is 15.3. The molecule has 2 nitrogen and oxygen atoms in total. The van der Waals surface area contributed by atoms with Gasteiger partial charge in [0.05, 0.1) is 32.5 Å². The van der Waals surface area contributed by atoms with Crippen LogP contribution in [0.3, 0.4) is 0 Å². The topological polar surface area (TPSA) is 12.9 Å². The highest BCUT2D eigenvalue weighted by Crippen LogP contribution is 2.24. The molecule has 1 fully saturated rings. The summed E-state index contributed by atoms with van der Waals surface area (Å²) in [4.78, 5) is 4.06. The maximum absolute atomic E-state index is 4.06. The molecule has 0 N–H and O–H groups in total. The van der Waals surface area contributed by atoms with Gasteiger partial charge in [-0.25, -0.2) is 4.98 Å². The van der Waals surface area contributed by atoms with E-state index in [1.807, 2.05) is 12.3 Å². The molecule has 1 radical (unpaired) electrons. The third-order valence-electron chi connectivity index (χ3n) is 3.03. The lowest BCUT2D eigenvalue weighted by Gasteiger charge is -2.36. The number of nitrogens with zero attached hydrogens (tertiary/aromatic N) is 2. The van der Waals surface area contributed by atoms with Crippen LogP contribution in [0, 0.1) is 6.20 Å². The summed E-state index contributed by atoms with van der Waals surface area (Å²) in [5.41, 5.74) is 1.33. The zero-order valence-electron chi connectivity index (χ0n) is 8.16. The lowest BCUT2D eigenvalue weighted by molar-refractivity contribution is 0.274. The summed E-state index contributed by atoms with van der Waals surface area (Å²) in [7, 11) is 2.30. The third kappa shape index (κ3) is 1.73. The Morgan fingerprint density at radius 1 is 1.31 bits per heavy atom. The van der Waals surface area contributed by atoms with E-state index in [0.717, 1.165) is 4.48 Å². The Hall–Kier alpha value is -0.890. The lowest BCUT2D eigenvalue weighted by atomic mass is 10.1. The summed E-state index contributed by atoms with van der Waals surface area (Å²) in [6.07, 6.45) is 8.85. The van der Waals surface area contributed by atoms with E-state index >= 15 is 0 Å². The smallest absolute Gasteiger partial charge is 0.151 e. The average molecular weight is 176 g/mol. The maximum Gasteiger partial charge on any atom is 0.151 e. The minimum absolute atomic E-state index is 1.06. The molecule has 69 valence electrons. The van der Waals surface area contributed by atoms with Crippen LogP contribution >= 0.6 is 0 Å². The van der Waals surface area contributed by atoms with Crippen molar-refractivity contribution < 1.29 is 0 Å². The molecule has 0 aromatic carbocycles. The summed E-state index contributed by atoms with van der Waals surface area (Å²) >= 11 is 0. The number of rotatable bonds is 1. The van der Waals surface area contributed by atoms with Crippen molar-refractivity contribution in [3.05, 3.63) is 24.5 Å². The molecular formula is C11H16N2+. The number of pyridine rings is 1.